The summed E-state index contributed by atoms with van der Waals surface area (Å²) in [5.41, 5.74) is 0. The number of aromatic nitrogens is 4. The highest BCUT2D eigenvalue weighted by Crippen LogP contribution is 2.19. The zero-order valence-electron chi connectivity index (χ0n) is 11.8. The van der Waals surface area contributed by atoms with E-state index in [-0.39, 0.29) is 23.8 Å². The topological polar surface area (TPSA) is 84.8 Å². The first-order valence-corrected chi connectivity index (χ1v) is 6.45. The highest BCUT2D eigenvalue weighted by Gasteiger charge is 2.24. The molecule has 1 amide bonds. The van der Waals surface area contributed by atoms with Crippen LogP contribution in [0.5, 0.6) is 0 Å². The van der Waals surface area contributed by atoms with Gasteiger partial charge in [-0.3, -0.25) is 15.2 Å². The van der Waals surface area contributed by atoms with Gasteiger partial charge in [0, 0.05) is 19.5 Å². The van der Waals surface area contributed by atoms with Crippen LogP contribution in [0.15, 0.2) is 24.5 Å². The third-order valence-electron chi connectivity index (χ3n) is 2.90. The molecule has 0 unspecified atom stereocenters. The van der Waals surface area contributed by atoms with Gasteiger partial charge in [-0.2, -0.15) is 4.98 Å². The van der Waals surface area contributed by atoms with Crippen LogP contribution in [0, 0.1) is 5.92 Å². The first kappa shape index (κ1) is 14.3. The molecule has 108 valence electrons. The van der Waals surface area contributed by atoms with E-state index in [1.54, 1.807) is 7.11 Å². The third kappa shape index (κ3) is 3.24. The SMILES string of the molecule is COCc1nc(NC(=O)[C@H](C(C)C)n2cccc2)n[nH]1. The Kier molecular flexibility index (Phi) is 4.52. The number of hydrogen-bond donors (Lipinski definition) is 2. The Morgan fingerprint density at radius 2 is 2.15 bits per heavy atom. The van der Waals surface area contributed by atoms with E-state index < -0.39 is 0 Å². The van der Waals surface area contributed by atoms with Crippen LogP contribution in [0.2, 0.25) is 0 Å². The maximum absolute atomic E-state index is 12.4. The van der Waals surface area contributed by atoms with Crippen LogP contribution in [0.3, 0.4) is 0 Å². The molecule has 0 saturated heterocycles. The van der Waals surface area contributed by atoms with Crippen molar-refractivity contribution in [2.24, 2.45) is 5.92 Å². The Bertz CT molecular complexity index is 547. The van der Waals surface area contributed by atoms with E-state index in [2.05, 4.69) is 20.5 Å². The zero-order valence-corrected chi connectivity index (χ0v) is 11.8. The number of hydrogen-bond acceptors (Lipinski definition) is 4. The molecule has 1 atom stereocenters. The highest BCUT2D eigenvalue weighted by molar-refractivity contribution is 5.92. The summed E-state index contributed by atoms with van der Waals surface area (Å²) in [7, 11) is 1.57. The van der Waals surface area contributed by atoms with E-state index in [4.69, 9.17) is 4.74 Å². The molecular weight excluding hydrogens is 258 g/mol. The number of rotatable bonds is 6. The predicted molar refractivity (Wildman–Crippen MR) is 74.0 cm³/mol. The van der Waals surface area contributed by atoms with Crippen molar-refractivity contribution < 1.29 is 9.53 Å². The fraction of sp³-hybridized carbons (Fsp3) is 0.462. The smallest absolute Gasteiger partial charge is 0.250 e. The molecule has 2 rings (SSSR count). The van der Waals surface area contributed by atoms with Crippen LogP contribution in [0.25, 0.3) is 0 Å². The van der Waals surface area contributed by atoms with Crippen molar-refractivity contribution in [2.45, 2.75) is 26.5 Å². The van der Waals surface area contributed by atoms with E-state index >= 15 is 0 Å². The minimum Gasteiger partial charge on any atom is -0.377 e. The molecule has 2 aromatic rings. The van der Waals surface area contributed by atoms with Gasteiger partial charge in [-0.1, -0.05) is 13.8 Å². The molecule has 2 heterocycles. The van der Waals surface area contributed by atoms with Gasteiger partial charge in [0.05, 0.1) is 0 Å². The van der Waals surface area contributed by atoms with Crippen LogP contribution in [0.4, 0.5) is 5.95 Å². The summed E-state index contributed by atoms with van der Waals surface area (Å²) >= 11 is 0. The van der Waals surface area contributed by atoms with E-state index in [0.717, 1.165) is 0 Å². The summed E-state index contributed by atoms with van der Waals surface area (Å²) in [6.45, 7) is 4.32. The van der Waals surface area contributed by atoms with Crippen molar-refractivity contribution in [3.05, 3.63) is 30.4 Å². The third-order valence-corrected chi connectivity index (χ3v) is 2.90. The van der Waals surface area contributed by atoms with E-state index in [1.807, 2.05) is 42.9 Å². The monoisotopic (exact) mass is 277 g/mol. The number of nitrogens with one attached hydrogen (secondary N) is 2. The Balaban J connectivity index is 2.08. The lowest BCUT2D eigenvalue weighted by atomic mass is 10.0. The molecule has 0 spiro atoms. The zero-order chi connectivity index (χ0) is 14.5. The average Bonchev–Trinajstić information content (AvgIpc) is 3.02. The largest absolute Gasteiger partial charge is 0.377 e. The van der Waals surface area contributed by atoms with Gasteiger partial charge in [0.15, 0.2) is 5.82 Å². The number of H-pyrrole nitrogens is 1. The van der Waals surface area contributed by atoms with Crippen molar-refractivity contribution in [1.29, 1.82) is 0 Å². The summed E-state index contributed by atoms with van der Waals surface area (Å²) < 4.78 is 6.82. The average molecular weight is 277 g/mol. The number of ether oxygens (including phenoxy) is 1. The quantitative estimate of drug-likeness (QED) is 0.839. The molecule has 0 radical (unpaired) electrons. The lowest BCUT2D eigenvalue weighted by Gasteiger charge is -2.21. The van der Waals surface area contributed by atoms with E-state index in [1.165, 1.54) is 0 Å². The summed E-state index contributed by atoms with van der Waals surface area (Å²) in [5, 5.41) is 9.37. The molecule has 0 aliphatic rings. The Hall–Kier alpha value is -2.15. The fourth-order valence-electron chi connectivity index (χ4n) is 2.05. The van der Waals surface area contributed by atoms with Gasteiger partial charge >= 0.3 is 0 Å². The lowest BCUT2D eigenvalue weighted by molar-refractivity contribution is -0.120. The molecule has 0 bridgehead atoms. The maximum Gasteiger partial charge on any atom is 0.250 e. The molecule has 0 aromatic carbocycles. The molecule has 0 saturated carbocycles. The van der Waals surface area contributed by atoms with Crippen molar-refractivity contribution >= 4 is 11.9 Å². The molecular formula is C13H19N5O2. The molecule has 2 aromatic heterocycles. The van der Waals surface area contributed by atoms with Crippen molar-refractivity contribution in [3.63, 3.8) is 0 Å². The minimum absolute atomic E-state index is 0.140. The molecule has 20 heavy (non-hydrogen) atoms. The van der Waals surface area contributed by atoms with Gasteiger partial charge in [-0.15, -0.1) is 5.10 Å². The van der Waals surface area contributed by atoms with Crippen LogP contribution >= 0.6 is 0 Å². The van der Waals surface area contributed by atoms with Crippen LogP contribution in [0.1, 0.15) is 25.7 Å². The molecule has 7 nitrogen and oxygen atoms in total. The van der Waals surface area contributed by atoms with Crippen molar-refractivity contribution in [2.75, 3.05) is 12.4 Å². The van der Waals surface area contributed by atoms with Crippen LogP contribution in [-0.2, 0) is 16.1 Å². The number of carbonyl (C=O) groups is 1. The summed E-state index contributed by atoms with van der Waals surface area (Å²) in [5.74, 6) is 0.851. The lowest BCUT2D eigenvalue weighted by Crippen LogP contribution is -2.29. The van der Waals surface area contributed by atoms with Crippen molar-refractivity contribution in [1.82, 2.24) is 19.7 Å². The van der Waals surface area contributed by atoms with E-state index in [0.29, 0.717) is 12.4 Å². The second-order valence-corrected chi connectivity index (χ2v) is 4.85. The standard InChI is InChI=1S/C13H19N5O2/c1-9(2)11(18-6-4-5-7-18)12(19)15-13-14-10(8-20-3)16-17-13/h4-7,9,11H,8H2,1-3H3,(H2,14,15,16,17,19)/t11-/m0/s1. The fourth-order valence-corrected chi connectivity index (χ4v) is 2.05. The normalized spacial score (nSPS) is 12.6. The molecule has 0 aliphatic heterocycles. The number of anilines is 1. The Labute approximate surface area is 117 Å². The van der Waals surface area contributed by atoms with Crippen molar-refractivity contribution in [3.8, 4) is 0 Å². The molecule has 0 aliphatic carbocycles. The maximum atomic E-state index is 12.4. The van der Waals surface area contributed by atoms with Gasteiger partial charge in [0.25, 0.3) is 0 Å². The Morgan fingerprint density at radius 3 is 2.75 bits per heavy atom. The van der Waals surface area contributed by atoms with E-state index in [9.17, 15) is 4.79 Å². The molecule has 0 fully saturated rings. The number of carbonyl (C=O) groups excluding carboxylic acids is 1. The predicted octanol–water partition coefficient (Wildman–Crippen LogP) is 1.59. The van der Waals surface area contributed by atoms with Crippen LogP contribution in [-0.4, -0.2) is 32.8 Å². The van der Waals surface area contributed by atoms with Crippen LogP contribution < -0.4 is 5.32 Å². The van der Waals surface area contributed by atoms with Gasteiger partial charge < -0.3 is 9.30 Å². The number of nitrogens with zero attached hydrogens (tertiary/aromatic N) is 3. The number of amides is 1. The Morgan fingerprint density at radius 1 is 1.45 bits per heavy atom. The highest BCUT2D eigenvalue weighted by atomic mass is 16.5. The number of aromatic amines is 1. The minimum atomic E-state index is -0.297. The van der Waals surface area contributed by atoms with Gasteiger partial charge in [-0.05, 0) is 18.1 Å². The molecule has 2 N–H and O–H groups in total. The van der Waals surface area contributed by atoms with Gasteiger partial charge in [0.1, 0.15) is 12.6 Å². The van der Waals surface area contributed by atoms with Gasteiger partial charge in [0.2, 0.25) is 11.9 Å². The summed E-state index contributed by atoms with van der Waals surface area (Å²) in [4.78, 5) is 16.5. The second kappa shape index (κ2) is 6.33. The summed E-state index contributed by atoms with van der Waals surface area (Å²) in [6.07, 6.45) is 3.75. The summed E-state index contributed by atoms with van der Waals surface area (Å²) in [6, 6.07) is 3.49. The first-order chi connectivity index (χ1) is 9.61. The van der Waals surface area contributed by atoms with Gasteiger partial charge in [-0.25, -0.2) is 0 Å². The molecule has 7 heteroatoms. The second-order valence-electron chi connectivity index (χ2n) is 4.85. The number of methoxy groups -OCH3 is 1. The first-order valence-electron chi connectivity index (χ1n) is 6.45.